The van der Waals surface area contributed by atoms with E-state index >= 15 is 0 Å². The number of carboxylic acids is 2. The number of benzene rings is 1. The summed E-state index contributed by atoms with van der Waals surface area (Å²) < 4.78 is 0. The molecule has 1 aromatic carbocycles. The van der Waals surface area contributed by atoms with Crippen LogP contribution in [0.5, 0.6) is 0 Å². The number of aliphatic carboxylic acids is 2. The molecule has 0 bridgehead atoms. The number of nitrogens with zero attached hydrogens (tertiary/aromatic N) is 2. The molecule has 0 spiro atoms. The Bertz CT molecular complexity index is 1100. The maximum absolute atomic E-state index is 13.8. The number of fused-ring (bicyclic) bond motifs is 1. The number of rotatable bonds is 15. The summed E-state index contributed by atoms with van der Waals surface area (Å²) in [5, 5.41) is 25.6. The van der Waals surface area contributed by atoms with Crippen LogP contribution in [0.2, 0.25) is 0 Å². The molecule has 41 heavy (non-hydrogen) atoms. The van der Waals surface area contributed by atoms with Crippen LogP contribution in [0.15, 0.2) is 24.3 Å². The van der Waals surface area contributed by atoms with Gasteiger partial charge in [-0.25, -0.2) is 0 Å². The van der Waals surface area contributed by atoms with Gasteiger partial charge in [0.25, 0.3) is 0 Å². The Balaban J connectivity index is 1.75. The molecule has 2 aliphatic rings. The molecule has 226 valence electrons. The number of anilines is 1. The Morgan fingerprint density at radius 2 is 1.83 bits per heavy atom. The van der Waals surface area contributed by atoms with Gasteiger partial charge in [0.1, 0.15) is 12.6 Å². The van der Waals surface area contributed by atoms with E-state index in [9.17, 15) is 34.2 Å². The molecule has 1 heterocycles. The van der Waals surface area contributed by atoms with E-state index in [2.05, 4.69) is 10.6 Å². The van der Waals surface area contributed by atoms with Gasteiger partial charge in [-0.3, -0.25) is 28.9 Å². The Hall–Kier alpha value is -3.47. The lowest BCUT2D eigenvalue weighted by Gasteiger charge is -2.33. The molecule has 1 aliphatic carbocycles. The number of hydrogen-bond donors (Lipinski definition) is 4. The Morgan fingerprint density at radius 3 is 2.46 bits per heavy atom. The Labute approximate surface area is 241 Å². The van der Waals surface area contributed by atoms with Crippen LogP contribution in [0.1, 0.15) is 70.8 Å². The van der Waals surface area contributed by atoms with E-state index in [0.29, 0.717) is 44.5 Å². The van der Waals surface area contributed by atoms with Gasteiger partial charge < -0.3 is 25.7 Å². The maximum atomic E-state index is 13.8. The van der Waals surface area contributed by atoms with Gasteiger partial charge in [-0.05, 0) is 70.2 Å². The minimum absolute atomic E-state index is 0.00876. The third-order valence-electron chi connectivity index (χ3n) is 8.36. The number of para-hydroxylation sites is 1. The van der Waals surface area contributed by atoms with Crippen LogP contribution in [-0.4, -0.2) is 83.5 Å². The normalized spacial score (nSPS) is 18.7. The molecule has 2 atom stereocenters. The number of amides is 3. The number of hydrogen-bond acceptors (Lipinski definition) is 6. The number of nitrogens with one attached hydrogen (secondary N) is 2. The van der Waals surface area contributed by atoms with Crippen LogP contribution in [0, 0.1) is 11.3 Å². The fourth-order valence-electron chi connectivity index (χ4n) is 6.12. The van der Waals surface area contributed by atoms with Crippen molar-refractivity contribution in [3.8, 4) is 0 Å². The lowest BCUT2D eigenvalue weighted by atomic mass is 9.75. The minimum atomic E-state index is -1.16. The third-order valence-corrected chi connectivity index (χ3v) is 8.36. The lowest BCUT2D eigenvalue weighted by molar-refractivity contribution is -0.149. The van der Waals surface area contributed by atoms with Crippen molar-refractivity contribution in [2.45, 2.75) is 77.7 Å². The standard InChI is InChI=1S/C30H44N4O7/c1-3-31-16-9-17-33(4-2)25(35)18-22(28(39)40)19-30(14-7-8-15-30)29(41)32-23-13-12-21-10-5-6-11-24(21)34(27(23)38)20-26(36)37/h5-6,10-11,22-23,31H,3-4,7-9,12-20H2,1-2H3,(H,32,41)(H,36,37)(H,39,40). The van der Waals surface area contributed by atoms with Gasteiger partial charge >= 0.3 is 11.9 Å². The molecule has 0 saturated heterocycles. The van der Waals surface area contributed by atoms with Crippen LogP contribution < -0.4 is 15.5 Å². The average molecular weight is 573 g/mol. The van der Waals surface area contributed by atoms with E-state index in [-0.39, 0.29) is 18.7 Å². The highest BCUT2D eigenvalue weighted by Gasteiger charge is 2.46. The van der Waals surface area contributed by atoms with E-state index in [1.54, 1.807) is 17.0 Å². The minimum Gasteiger partial charge on any atom is -0.481 e. The highest BCUT2D eigenvalue weighted by atomic mass is 16.4. The predicted octanol–water partition coefficient (Wildman–Crippen LogP) is 2.42. The van der Waals surface area contributed by atoms with Gasteiger partial charge in [-0.15, -0.1) is 0 Å². The highest BCUT2D eigenvalue weighted by Crippen LogP contribution is 2.44. The summed E-state index contributed by atoms with van der Waals surface area (Å²) in [5.74, 6) is -4.46. The zero-order valence-corrected chi connectivity index (χ0v) is 24.2. The maximum Gasteiger partial charge on any atom is 0.323 e. The van der Waals surface area contributed by atoms with E-state index in [0.717, 1.165) is 37.9 Å². The van der Waals surface area contributed by atoms with E-state index in [1.807, 2.05) is 26.0 Å². The van der Waals surface area contributed by atoms with Gasteiger partial charge in [0.15, 0.2) is 0 Å². The zero-order valence-electron chi connectivity index (χ0n) is 24.2. The second-order valence-corrected chi connectivity index (χ2v) is 11.1. The fourth-order valence-corrected chi connectivity index (χ4v) is 6.12. The van der Waals surface area contributed by atoms with Crippen molar-refractivity contribution < 1.29 is 34.2 Å². The first-order valence-electron chi connectivity index (χ1n) is 14.7. The van der Waals surface area contributed by atoms with E-state index in [4.69, 9.17) is 0 Å². The van der Waals surface area contributed by atoms with Crippen LogP contribution in [-0.2, 0) is 30.4 Å². The summed E-state index contributed by atoms with van der Waals surface area (Å²) in [6, 6.07) is 6.16. The van der Waals surface area contributed by atoms with Crippen LogP contribution in [0.4, 0.5) is 5.69 Å². The van der Waals surface area contributed by atoms with Crippen molar-refractivity contribution in [1.29, 1.82) is 0 Å². The molecule has 3 rings (SSSR count). The van der Waals surface area contributed by atoms with Crippen LogP contribution >= 0.6 is 0 Å². The summed E-state index contributed by atoms with van der Waals surface area (Å²) in [6.07, 6.45) is 3.78. The first-order chi connectivity index (χ1) is 19.6. The Kier molecular flexibility index (Phi) is 11.7. The van der Waals surface area contributed by atoms with Gasteiger partial charge in [0.2, 0.25) is 17.7 Å². The van der Waals surface area contributed by atoms with E-state index in [1.165, 1.54) is 4.90 Å². The van der Waals surface area contributed by atoms with Gasteiger partial charge in [-0.2, -0.15) is 0 Å². The Morgan fingerprint density at radius 1 is 1.12 bits per heavy atom. The molecular weight excluding hydrogens is 528 g/mol. The molecule has 0 aromatic heterocycles. The number of carbonyl (C=O) groups is 5. The summed E-state index contributed by atoms with van der Waals surface area (Å²) in [4.78, 5) is 67.2. The quantitative estimate of drug-likeness (QED) is 0.234. The number of carbonyl (C=O) groups excluding carboxylic acids is 3. The second-order valence-electron chi connectivity index (χ2n) is 11.1. The molecule has 3 amide bonds. The molecule has 1 fully saturated rings. The van der Waals surface area contributed by atoms with Gasteiger partial charge in [0.05, 0.1) is 11.3 Å². The van der Waals surface area contributed by atoms with Crippen molar-refractivity contribution in [3.63, 3.8) is 0 Å². The smallest absolute Gasteiger partial charge is 0.323 e. The molecule has 1 aromatic rings. The average Bonchev–Trinajstić information content (AvgIpc) is 3.38. The van der Waals surface area contributed by atoms with Gasteiger partial charge in [0, 0.05) is 25.2 Å². The van der Waals surface area contributed by atoms with Crippen molar-refractivity contribution in [2.24, 2.45) is 11.3 Å². The summed E-state index contributed by atoms with van der Waals surface area (Å²) in [7, 11) is 0. The number of aryl methyl sites for hydroxylation is 1. The van der Waals surface area contributed by atoms with E-state index < -0.39 is 47.7 Å². The summed E-state index contributed by atoms with van der Waals surface area (Å²) in [5.41, 5.74) is 0.329. The summed E-state index contributed by atoms with van der Waals surface area (Å²) >= 11 is 0. The molecule has 1 aliphatic heterocycles. The van der Waals surface area contributed by atoms with Crippen LogP contribution in [0.25, 0.3) is 0 Å². The molecular formula is C30H44N4O7. The van der Waals surface area contributed by atoms with Crippen molar-refractivity contribution in [3.05, 3.63) is 29.8 Å². The molecule has 4 N–H and O–H groups in total. The molecule has 11 heteroatoms. The molecule has 11 nitrogen and oxygen atoms in total. The fraction of sp³-hybridized carbons (Fsp3) is 0.633. The first-order valence-corrected chi connectivity index (χ1v) is 14.7. The predicted molar refractivity (Wildman–Crippen MR) is 153 cm³/mol. The second kappa shape index (κ2) is 15.0. The zero-order chi connectivity index (χ0) is 30.0. The molecule has 1 saturated carbocycles. The molecule has 0 radical (unpaired) electrons. The topological polar surface area (TPSA) is 156 Å². The van der Waals surface area contributed by atoms with Crippen molar-refractivity contribution in [2.75, 3.05) is 37.6 Å². The van der Waals surface area contributed by atoms with Crippen molar-refractivity contribution >= 4 is 35.3 Å². The third kappa shape index (κ3) is 8.28. The highest BCUT2D eigenvalue weighted by molar-refractivity contribution is 6.03. The molecule has 2 unspecified atom stereocenters. The monoisotopic (exact) mass is 572 g/mol. The lowest BCUT2D eigenvalue weighted by Crippen LogP contribution is -2.53. The van der Waals surface area contributed by atoms with Gasteiger partial charge in [-0.1, -0.05) is 38.0 Å². The largest absolute Gasteiger partial charge is 0.481 e. The summed E-state index contributed by atoms with van der Waals surface area (Å²) in [6.45, 7) is 5.94. The van der Waals surface area contributed by atoms with Crippen LogP contribution in [0.3, 0.4) is 0 Å². The number of carboxylic acid groups (broad SMARTS) is 2. The first kappa shape index (κ1) is 32.0. The SMILES string of the molecule is CCNCCCN(CC)C(=O)CC(CC1(C(=O)NC2CCc3ccccc3N(CC(=O)O)C2=O)CCCC1)C(=O)O. The van der Waals surface area contributed by atoms with Crippen molar-refractivity contribution in [1.82, 2.24) is 15.5 Å².